The number of sulfone groups is 1. The number of carbonyl (C=O) groups excluding carboxylic acids is 1. The number of rotatable bonds is 11. The average Bonchev–Trinajstić information content (AvgIpc) is 3.65. The molecule has 1 fully saturated rings. The van der Waals surface area contributed by atoms with Gasteiger partial charge in [-0.2, -0.15) is 0 Å². The number of carbonyl (C=O) groups is 1. The van der Waals surface area contributed by atoms with Gasteiger partial charge in [-0.05, 0) is 47.9 Å². The third-order valence-electron chi connectivity index (χ3n) is 7.05. The molecule has 3 aromatic carbocycles. The van der Waals surface area contributed by atoms with Crippen LogP contribution in [-0.2, 0) is 39.9 Å². The minimum atomic E-state index is -3.73. The molecule has 5 rings (SSSR count). The van der Waals surface area contributed by atoms with Gasteiger partial charge < -0.3 is 9.47 Å². The summed E-state index contributed by atoms with van der Waals surface area (Å²) in [5.41, 5.74) is 4.36. The summed E-state index contributed by atoms with van der Waals surface area (Å²) in [6.07, 6.45) is 4.19. The van der Waals surface area contributed by atoms with Crippen molar-refractivity contribution in [2.45, 2.75) is 50.2 Å². The number of hydrogen-bond donors (Lipinski definition) is 0. The van der Waals surface area contributed by atoms with Gasteiger partial charge >= 0.3 is 0 Å². The highest BCUT2D eigenvalue weighted by Gasteiger charge is 2.30. The van der Waals surface area contributed by atoms with Crippen LogP contribution in [0.2, 0.25) is 0 Å². The summed E-state index contributed by atoms with van der Waals surface area (Å²) in [7, 11) is -3.73. The highest BCUT2D eigenvalue weighted by molar-refractivity contribution is 7.90. The van der Waals surface area contributed by atoms with Gasteiger partial charge in [0.2, 0.25) is 20.9 Å². The Morgan fingerprint density at radius 2 is 1.55 bits per heavy atom. The summed E-state index contributed by atoms with van der Waals surface area (Å²) in [5.74, 6) is 0.424. The Bertz CT molecular complexity index is 1490. The first-order chi connectivity index (χ1) is 18.4. The third-order valence-corrected chi connectivity index (χ3v) is 8.62. The van der Waals surface area contributed by atoms with Crippen LogP contribution in [-0.4, -0.2) is 35.3 Å². The van der Waals surface area contributed by atoms with Gasteiger partial charge in [-0.1, -0.05) is 84.9 Å². The Labute approximate surface area is 224 Å². The van der Waals surface area contributed by atoms with Gasteiger partial charge in [0.15, 0.2) is 0 Å². The summed E-state index contributed by atoms with van der Waals surface area (Å²) in [6.45, 7) is 3.28. The van der Waals surface area contributed by atoms with Gasteiger partial charge in [0.1, 0.15) is 0 Å². The maximum Gasteiger partial charge on any atom is 0.228 e. The molecule has 1 saturated carbocycles. The number of imidazole rings is 1. The molecule has 0 bridgehead atoms. The number of benzene rings is 3. The van der Waals surface area contributed by atoms with Crippen LogP contribution in [0.5, 0.6) is 0 Å². The first-order valence-electron chi connectivity index (χ1n) is 13.1. The van der Waals surface area contributed by atoms with Crippen molar-refractivity contribution in [3.63, 3.8) is 0 Å². The van der Waals surface area contributed by atoms with E-state index in [1.165, 1.54) is 0 Å². The predicted molar refractivity (Wildman–Crippen MR) is 148 cm³/mol. The zero-order valence-electron chi connectivity index (χ0n) is 21.7. The second-order valence-electron chi connectivity index (χ2n) is 10.2. The maximum atomic E-state index is 13.7. The minimum absolute atomic E-state index is 0.0416. The second kappa shape index (κ2) is 11.4. The van der Waals surface area contributed by atoms with Crippen molar-refractivity contribution in [3.8, 4) is 0 Å². The van der Waals surface area contributed by atoms with Gasteiger partial charge in [0.25, 0.3) is 0 Å². The van der Waals surface area contributed by atoms with Crippen molar-refractivity contribution in [3.05, 3.63) is 119 Å². The summed E-state index contributed by atoms with van der Waals surface area (Å²) in [5, 5.41) is 0.0430. The van der Waals surface area contributed by atoms with Crippen LogP contribution in [0.1, 0.15) is 40.8 Å². The van der Waals surface area contributed by atoms with E-state index in [2.05, 4.69) is 4.98 Å². The van der Waals surface area contributed by atoms with E-state index in [-0.39, 0.29) is 16.8 Å². The van der Waals surface area contributed by atoms with Gasteiger partial charge in [0, 0.05) is 6.54 Å². The molecule has 0 radical (unpaired) electrons. The van der Waals surface area contributed by atoms with Crippen LogP contribution >= 0.6 is 0 Å². The van der Waals surface area contributed by atoms with Crippen LogP contribution in [0.25, 0.3) is 0 Å². The van der Waals surface area contributed by atoms with E-state index in [9.17, 15) is 13.2 Å². The maximum absolute atomic E-state index is 13.7. The van der Waals surface area contributed by atoms with E-state index in [0.717, 1.165) is 40.8 Å². The fourth-order valence-corrected chi connectivity index (χ4v) is 6.28. The molecule has 0 atom stereocenters. The second-order valence-corrected chi connectivity index (χ2v) is 12.1. The van der Waals surface area contributed by atoms with Crippen molar-refractivity contribution in [1.29, 1.82) is 0 Å². The SMILES string of the molecule is Cc1ccccc1CS(=O)(=O)c1ncc(CN(CC2CC2)C(=O)Cc2ccccc2)n1Cc1ccccc1. The molecule has 38 heavy (non-hydrogen) atoms. The van der Waals surface area contributed by atoms with Gasteiger partial charge in [-0.25, -0.2) is 13.4 Å². The lowest BCUT2D eigenvalue weighted by Crippen LogP contribution is -2.34. The molecular weight excluding hydrogens is 494 g/mol. The minimum Gasteiger partial charge on any atom is -0.336 e. The summed E-state index contributed by atoms with van der Waals surface area (Å²) < 4.78 is 29.1. The van der Waals surface area contributed by atoms with Crippen LogP contribution < -0.4 is 0 Å². The van der Waals surface area contributed by atoms with Crippen LogP contribution in [0.4, 0.5) is 0 Å². The normalized spacial score (nSPS) is 13.4. The first-order valence-corrected chi connectivity index (χ1v) is 14.7. The average molecular weight is 528 g/mol. The summed E-state index contributed by atoms with van der Waals surface area (Å²) in [6, 6.07) is 27.0. The van der Waals surface area contributed by atoms with Crippen molar-refractivity contribution in [2.24, 2.45) is 5.92 Å². The molecule has 6 nitrogen and oxygen atoms in total. The number of hydrogen-bond acceptors (Lipinski definition) is 4. The monoisotopic (exact) mass is 527 g/mol. The molecular formula is C31H33N3O3S. The Morgan fingerprint density at radius 3 is 2.21 bits per heavy atom. The molecule has 1 aromatic heterocycles. The fourth-order valence-electron chi connectivity index (χ4n) is 4.69. The standard InChI is InChI=1S/C31H33N3O3S/c1-24-10-8-9-15-28(24)23-38(36,37)31-32-19-29(34(31)21-26-13-6-3-7-14-26)22-33(20-27-16-17-27)30(35)18-25-11-4-2-5-12-25/h2-15,19,27H,16-18,20-23H2,1H3. The molecule has 196 valence electrons. The van der Waals surface area contributed by atoms with Crippen molar-refractivity contribution < 1.29 is 13.2 Å². The van der Waals surface area contributed by atoms with Crippen LogP contribution in [0, 0.1) is 12.8 Å². The number of aromatic nitrogens is 2. The molecule has 1 aliphatic rings. The van der Waals surface area contributed by atoms with Gasteiger partial charge in [-0.3, -0.25) is 4.79 Å². The predicted octanol–water partition coefficient (Wildman–Crippen LogP) is 5.20. The Balaban J connectivity index is 1.47. The lowest BCUT2D eigenvalue weighted by atomic mass is 10.1. The van der Waals surface area contributed by atoms with E-state index >= 15 is 0 Å². The zero-order valence-corrected chi connectivity index (χ0v) is 22.5. The zero-order chi connectivity index (χ0) is 26.5. The van der Waals surface area contributed by atoms with E-state index in [0.29, 0.717) is 32.0 Å². The van der Waals surface area contributed by atoms with E-state index in [4.69, 9.17) is 0 Å². The Hall–Kier alpha value is -3.71. The molecule has 7 heteroatoms. The number of nitrogens with zero attached hydrogens (tertiary/aromatic N) is 3. The van der Waals surface area contributed by atoms with E-state index < -0.39 is 9.84 Å². The third kappa shape index (κ3) is 6.40. The lowest BCUT2D eigenvalue weighted by molar-refractivity contribution is -0.131. The first kappa shape index (κ1) is 25.9. The summed E-state index contributed by atoms with van der Waals surface area (Å²) in [4.78, 5) is 19.7. The van der Waals surface area contributed by atoms with Crippen LogP contribution in [0.15, 0.2) is 96.3 Å². The molecule has 0 aliphatic heterocycles. The van der Waals surface area contributed by atoms with E-state index in [1.807, 2.05) is 96.8 Å². The smallest absolute Gasteiger partial charge is 0.228 e. The molecule has 0 saturated heterocycles. The van der Waals surface area contributed by atoms with E-state index in [1.54, 1.807) is 10.8 Å². The molecule has 0 N–H and O–H groups in total. The van der Waals surface area contributed by atoms with Gasteiger partial charge in [0.05, 0.1) is 37.2 Å². The molecule has 4 aromatic rings. The topological polar surface area (TPSA) is 72.3 Å². The molecule has 1 amide bonds. The number of aryl methyl sites for hydroxylation is 1. The molecule has 1 heterocycles. The Kier molecular flexibility index (Phi) is 7.74. The van der Waals surface area contributed by atoms with Crippen molar-refractivity contribution in [2.75, 3.05) is 6.54 Å². The van der Waals surface area contributed by atoms with Crippen molar-refractivity contribution in [1.82, 2.24) is 14.5 Å². The van der Waals surface area contributed by atoms with Crippen molar-refractivity contribution >= 4 is 15.7 Å². The highest BCUT2D eigenvalue weighted by atomic mass is 32.2. The summed E-state index contributed by atoms with van der Waals surface area (Å²) >= 11 is 0. The largest absolute Gasteiger partial charge is 0.336 e. The van der Waals surface area contributed by atoms with Gasteiger partial charge in [-0.15, -0.1) is 0 Å². The quantitative estimate of drug-likeness (QED) is 0.269. The Morgan fingerprint density at radius 1 is 0.921 bits per heavy atom. The molecule has 0 spiro atoms. The van der Waals surface area contributed by atoms with Crippen LogP contribution in [0.3, 0.4) is 0 Å². The molecule has 1 aliphatic carbocycles. The lowest BCUT2D eigenvalue weighted by Gasteiger charge is -2.24. The molecule has 0 unspecified atom stereocenters. The highest BCUT2D eigenvalue weighted by Crippen LogP contribution is 2.31. The fraction of sp³-hybridized carbons (Fsp3) is 0.290. The number of amides is 1.